The number of amides is 1. The molecule has 0 aliphatic heterocycles. The lowest BCUT2D eigenvalue weighted by Crippen LogP contribution is -2.31. The summed E-state index contributed by atoms with van der Waals surface area (Å²) >= 11 is 0. The Balaban J connectivity index is 4.12. The van der Waals surface area contributed by atoms with Gasteiger partial charge in [0.2, 0.25) is 5.91 Å². The molecular formula is C8H14N2O. The topological polar surface area (TPSA) is 44.1 Å². The van der Waals surface area contributed by atoms with Crippen LogP contribution in [0.3, 0.4) is 0 Å². The smallest absolute Gasteiger partial charge is 0.239 e. The molecule has 11 heavy (non-hydrogen) atoms. The van der Waals surface area contributed by atoms with E-state index in [1.165, 1.54) is 0 Å². The van der Waals surface area contributed by atoms with Crippen LogP contribution in [0.2, 0.25) is 0 Å². The van der Waals surface area contributed by atoms with E-state index in [1.54, 1.807) is 11.9 Å². The van der Waals surface area contributed by atoms with Crippen molar-refractivity contribution in [3.8, 4) is 6.07 Å². The molecule has 0 bridgehead atoms. The number of carbonyl (C=O) groups is 1. The van der Waals surface area contributed by atoms with Crippen LogP contribution in [0.1, 0.15) is 20.3 Å². The molecule has 0 aliphatic carbocycles. The predicted molar refractivity (Wildman–Crippen MR) is 42.7 cm³/mol. The number of hydrogen-bond acceptors (Lipinski definition) is 2. The van der Waals surface area contributed by atoms with Gasteiger partial charge in [0.15, 0.2) is 0 Å². The van der Waals surface area contributed by atoms with Crippen LogP contribution in [0.5, 0.6) is 0 Å². The first-order valence-corrected chi connectivity index (χ1v) is 3.81. The minimum absolute atomic E-state index is 0.0718. The molecule has 1 unspecified atom stereocenters. The van der Waals surface area contributed by atoms with Crippen molar-refractivity contribution in [3.05, 3.63) is 0 Å². The SMILES string of the molecule is CCC(C#N)C(=O)N(C)CC. The number of nitriles is 1. The van der Waals surface area contributed by atoms with E-state index in [-0.39, 0.29) is 5.91 Å². The van der Waals surface area contributed by atoms with Crippen LogP contribution in [0.25, 0.3) is 0 Å². The maximum Gasteiger partial charge on any atom is 0.239 e. The molecule has 0 radical (unpaired) electrons. The fourth-order valence-corrected chi connectivity index (χ4v) is 0.743. The average Bonchev–Trinajstić information content (AvgIpc) is 2.05. The second kappa shape index (κ2) is 4.73. The van der Waals surface area contributed by atoms with Gasteiger partial charge in [-0.25, -0.2) is 0 Å². The Morgan fingerprint density at radius 2 is 2.18 bits per heavy atom. The second-order valence-electron chi connectivity index (χ2n) is 2.44. The van der Waals surface area contributed by atoms with Crippen molar-refractivity contribution in [2.75, 3.05) is 13.6 Å². The van der Waals surface area contributed by atoms with Crippen LogP contribution in [-0.2, 0) is 4.79 Å². The molecule has 1 amide bonds. The third-order valence-corrected chi connectivity index (χ3v) is 1.71. The highest BCUT2D eigenvalue weighted by atomic mass is 16.2. The summed E-state index contributed by atoms with van der Waals surface area (Å²) in [4.78, 5) is 12.8. The first kappa shape index (κ1) is 9.96. The summed E-state index contributed by atoms with van der Waals surface area (Å²) in [5, 5.41) is 8.54. The van der Waals surface area contributed by atoms with Crippen LogP contribution in [-0.4, -0.2) is 24.4 Å². The third-order valence-electron chi connectivity index (χ3n) is 1.71. The van der Waals surface area contributed by atoms with Crippen LogP contribution in [0.4, 0.5) is 0 Å². The molecule has 1 atom stereocenters. The highest BCUT2D eigenvalue weighted by molar-refractivity contribution is 5.80. The lowest BCUT2D eigenvalue weighted by Gasteiger charge is -2.16. The van der Waals surface area contributed by atoms with E-state index in [2.05, 4.69) is 0 Å². The predicted octanol–water partition coefficient (Wildman–Crippen LogP) is 1.01. The van der Waals surface area contributed by atoms with Gasteiger partial charge in [0.1, 0.15) is 5.92 Å². The molecule has 0 N–H and O–H groups in total. The number of hydrogen-bond donors (Lipinski definition) is 0. The van der Waals surface area contributed by atoms with Crippen molar-refractivity contribution >= 4 is 5.91 Å². The largest absolute Gasteiger partial charge is 0.345 e. The monoisotopic (exact) mass is 154 g/mol. The first-order chi connectivity index (χ1) is 5.17. The summed E-state index contributed by atoms with van der Waals surface area (Å²) in [7, 11) is 1.71. The molecule has 0 aliphatic rings. The maximum atomic E-state index is 11.2. The zero-order valence-corrected chi connectivity index (χ0v) is 7.29. The number of nitrogens with zero attached hydrogens (tertiary/aromatic N) is 2. The minimum Gasteiger partial charge on any atom is -0.345 e. The minimum atomic E-state index is -0.458. The van der Waals surface area contributed by atoms with Crippen molar-refractivity contribution < 1.29 is 4.79 Å². The van der Waals surface area contributed by atoms with Crippen molar-refractivity contribution in [1.29, 1.82) is 5.26 Å². The summed E-state index contributed by atoms with van der Waals surface area (Å²) in [6, 6.07) is 1.98. The van der Waals surface area contributed by atoms with Gasteiger partial charge >= 0.3 is 0 Å². The Hall–Kier alpha value is -1.04. The molecule has 62 valence electrons. The van der Waals surface area contributed by atoms with Gasteiger partial charge in [-0.2, -0.15) is 5.26 Å². The van der Waals surface area contributed by atoms with Crippen molar-refractivity contribution in [2.24, 2.45) is 5.92 Å². The molecule has 0 fully saturated rings. The Kier molecular flexibility index (Phi) is 4.28. The van der Waals surface area contributed by atoms with Gasteiger partial charge in [-0.05, 0) is 13.3 Å². The normalized spacial score (nSPS) is 11.8. The Morgan fingerprint density at radius 1 is 1.64 bits per heavy atom. The number of rotatable bonds is 3. The van der Waals surface area contributed by atoms with E-state index in [4.69, 9.17) is 5.26 Å². The highest BCUT2D eigenvalue weighted by Crippen LogP contribution is 2.04. The molecule has 0 aromatic rings. The van der Waals surface area contributed by atoms with Gasteiger partial charge in [0.05, 0.1) is 6.07 Å². The summed E-state index contributed by atoms with van der Waals surface area (Å²) in [5.74, 6) is -0.530. The molecule has 0 heterocycles. The molecule has 3 nitrogen and oxygen atoms in total. The van der Waals surface area contributed by atoms with Crippen molar-refractivity contribution in [3.63, 3.8) is 0 Å². The van der Waals surface area contributed by atoms with Gasteiger partial charge < -0.3 is 4.90 Å². The van der Waals surface area contributed by atoms with Gasteiger partial charge in [-0.15, -0.1) is 0 Å². The Bertz CT molecular complexity index is 171. The second-order valence-corrected chi connectivity index (χ2v) is 2.44. The summed E-state index contributed by atoms with van der Waals surface area (Å²) in [6.07, 6.45) is 0.597. The van der Waals surface area contributed by atoms with Crippen molar-refractivity contribution in [2.45, 2.75) is 20.3 Å². The fraction of sp³-hybridized carbons (Fsp3) is 0.750. The molecule has 0 aromatic carbocycles. The quantitative estimate of drug-likeness (QED) is 0.609. The van der Waals surface area contributed by atoms with Gasteiger partial charge in [0.25, 0.3) is 0 Å². The Labute approximate surface area is 67.6 Å². The van der Waals surface area contributed by atoms with Crippen LogP contribution in [0, 0.1) is 17.2 Å². The van der Waals surface area contributed by atoms with Gasteiger partial charge in [-0.3, -0.25) is 4.79 Å². The van der Waals surface area contributed by atoms with E-state index in [0.29, 0.717) is 13.0 Å². The van der Waals surface area contributed by atoms with E-state index in [0.717, 1.165) is 0 Å². The lowest BCUT2D eigenvalue weighted by molar-refractivity contribution is -0.132. The van der Waals surface area contributed by atoms with Crippen LogP contribution < -0.4 is 0 Å². The van der Waals surface area contributed by atoms with Crippen molar-refractivity contribution in [1.82, 2.24) is 4.90 Å². The Morgan fingerprint density at radius 3 is 2.45 bits per heavy atom. The summed E-state index contributed by atoms with van der Waals surface area (Å²) in [5.41, 5.74) is 0. The zero-order valence-electron chi connectivity index (χ0n) is 7.29. The molecule has 0 spiro atoms. The molecule has 0 aromatic heterocycles. The van der Waals surface area contributed by atoms with E-state index < -0.39 is 5.92 Å². The first-order valence-electron chi connectivity index (χ1n) is 3.81. The zero-order chi connectivity index (χ0) is 8.85. The van der Waals surface area contributed by atoms with E-state index in [9.17, 15) is 4.79 Å². The number of carbonyl (C=O) groups excluding carboxylic acids is 1. The van der Waals surface area contributed by atoms with Gasteiger partial charge in [-0.1, -0.05) is 6.92 Å². The van der Waals surface area contributed by atoms with Crippen LogP contribution >= 0.6 is 0 Å². The van der Waals surface area contributed by atoms with E-state index >= 15 is 0 Å². The van der Waals surface area contributed by atoms with Crippen LogP contribution in [0.15, 0.2) is 0 Å². The molecule has 0 saturated carbocycles. The molecule has 0 saturated heterocycles. The summed E-state index contributed by atoms with van der Waals surface area (Å²) in [6.45, 7) is 4.40. The lowest BCUT2D eigenvalue weighted by atomic mass is 10.1. The molecule has 0 rings (SSSR count). The fourth-order valence-electron chi connectivity index (χ4n) is 0.743. The maximum absolute atomic E-state index is 11.2. The van der Waals surface area contributed by atoms with E-state index in [1.807, 2.05) is 19.9 Å². The molecular weight excluding hydrogens is 140 g/mol. The van der Waals surface area contributed by atoms with Gasteiger partial charge in [0, 0.05) is 13.6 Å². The molecule has 3 heteroatoms. The highest BCUT2D eigenvalue weighted by Gasteiger charge is 2.17. The standard InChI is InChI=1S/C8H14N2O/c1-4-7(6-9)8(11)10(3)5-2/h7H,4-5H2,1-3H3. The average molecular weight is 154 g/mol. The summed E-state index contributed by atoms with van der Waals surface area (Å²) < 4.78 is 0. The third kappa shape index (κ3) is 2.58.